The maximum Gasteiger partial charge on any atom is 0.0849 e. The van der Waals surface area contributed by atoms with E-state index in [4.69, 9.17) is 11.6 Å². The van der Waals surface area contributed by atoms with Gasteiger partial charge >= 0.3 is 0 Å². The van der Waals surface area contributed by atoms with Crippen molar-refractivity contribution in [3.05, 3.63) is 16.4 Å². The summed E-state index contributed by atoms with van der Waals surface area (Å²) >= 11 is 6.43. The maximum absolute atomic E-state index is 6.43. The molecule has 4 heteroatoms. The van der Waals surface area contributed by atoms with Crippen LogP contribution >= 0.6 is 11.6 Å². The van der Waals surface area contributed by atoms with Gasteiger partial charge in [0, 0.05) is 13.1 Å². The van der Waals surface area contributed by atoms with E-state index in [-0.39, 0.29) is 5.41 Å². The zero-order chi connectivity index (χ0) is 14.6. The molecule has 1 rings (SSSR count). The van der Waals surface area contributed by atoms with Crippen molar-refractivity contribution in [3.63, 3.8) is 0 Å². The first-order chi connectivity index (χ1) is 8.80. The number of hydrogen-bond acceptors (Lipinski definition) is 2. The lowest BCUT2D eigenvalue weighted by Gasteiger charge is -2.28. The summed E-state index contributed by atoms with van der Waals surface area (Å²) in [5.41, 5.74) is 2.38. The first-order valence-corrected chi connectivity index (χ1v) is 7.62. The number of hydrogen-bond donors (Lipinski definition) is 1. The first-order valence-electron chi connectivity index (χ1n) is 7.24. The van der Waals surface area contributed by atoms with Gasteiger partial charge in [-0.2, -0.15) is 5.10 Å². The summed E-state index contributed by atoms with van der Waals surface area (Å²) in [6.45, 7) is 12.1. The maximum atomic E-state index is 6.43. The Morgan fingerprint density at radius 2 is 2.00 bits per heavy atom. The molecule has 1 N–H and O–H groups in total. The molecule has 1 aromatic rings. The Bertz CT molecular complexity index is 410. The molecular formula is C15H28ClN3. The summed E-state index contributed by atoms with van der Waals surface area (Å²) in [7, 11) is 1.99. The third-order valence-corrected chi connectivity index (χ3v) is 4.00. The van der Waals surface area contributed by atoms with E-state index in [0.29, 0.717) is 6.04 Å². The molecule has 0 radical (unpaired) electrons. The van der Waals surface area contributed by atoms with E-state index >= 15 is 0 Å². The average Bonchev–Trinajstić information content (AvgIpc) is 2.55. The smallest absolute Gasteiger partial charge is 0.0849 e. The number of halogens is 1. The van der Waals surface area contributed by atoms with Crippen molar-refractivity contribution < 1.29 is 0 Å². The predicted molar refractivity (Wildman–Crippen MR) is 82.8 cm³/mol. The van der Waals surface area contributed by atoms with E-state index in [1.807, 2.05) is 11.7 Å². The van der Waals surface area contributed by atoms with Crippen LogP contribution in [0, 0.1) is 5.41 Å². The first kappa shape index (κ1) is 16.5. The molecule has 0 saturated heterocycles. The summed E-state index contributed by atoms with van der Waals surface area (Å²) in [6.07, 6.45) is 2.98. The van der Waals surface area contributed by atoms with Crippen LogP contribution in [0.15, 0.2) is 0 Å². The van der Waals surface area contributed by atoms with E-state index in [1.165, 1.54) is 0 Å². The van der Waals surface area contributed by atoms with Gasteiger partial charge in [0.2, 0.25) is 0 Å². The molecule has 1 unspecified atom stereocenters. The van der Waals surface area contributed by atoms with E-state index in [2.05, 4.69) is 45.0 Å². The molecule has 110 valence electrons. The minimum Gasteiger partial charge on any atom is -0.315 e. The van der Waals surface area contributed by atoms with Crippen LogP contribution in [0.2, 0.25) is 5.02 Å². The topological polar surface area (TPSA) is 29.9 Å². The fourth-order valence-corrected chi connectivity index (χ4v) is 3.15. The normalized spacial score (nSPS) is 13.8. The molecule has 0 aliphatic rings. The molecule has 0 aliphatic heterocycles. The van der Waals surface area contributed by atoms with Crippen LogP contribution in [-0.2, 0) is 19.9 Å². The van der Waals surface area contributed by atoms with Gasteiger partial charge in [-0.05, 0) is 38.1 Å². The largest absolute Gasteiger partial charge is 0.315 e. The number of rotatable bonds is 7. The van der Waals surface area contributed by atoms with Crippen LogP contribution < -0.4 is 5.32 Å². The van der Waals surface area contributed by atoms with E-state index in [0.717, 1.165) is 42.2 Å². The van der Waals surface area contributed by atoms with Crippen LogP contribution in [-0.4, -0.2) is 22.4 Å². The Labute approximate surface area is 122 Å². The monoisotopic (exact) mass is 285 g/mol. The second-order valence-corrected chi connectivity index (χ2v) is 6.57. The van der Waals surface area contributed by atoms with Crippen LogP contribution in [0.5, 0.6) is 0 Å². The van der Waals surface area contributed by atoms with Gasteiger partial charge in [0.25, 0.3) is 0 Å². The highest BCUT2D eigenvalue weighted by atomic mass is 35.5. The second-order valence-electron chi connectivity index (χ2n) is 6.19. The van der Waals surface area contributed by atoms with Crippen molar-refractivity contribution in [2.75, 3.05) is 6.54 Å². The lowest BCUT2D eigenvalue weighted by molar-refractivity contribution is 0.283. The molecule has 1 heterocycles. The van der Waals surface area contributed by atoms with Crippen molar-refractivity contribution in [2.24, 2.45) is 12.5 Å². The second kappa shape index (κ2) is 6.76. The molecule has 0 amide bonds. The van der Waals surface area contributed by atoms with Gasteiger partial charge in [-0.25, -0.2) is 0 Å². The molecule has 0 spiro atoms. The fourth-order valence-electron chi connectivity index (χ4n) is 2.79. The average molecular weight is 286 g/mol. The molecule has 0 aromatic carbocycles. The van der Waals surface area contributed by atoms with Crippen LogP contribution in [0.3, 0.4) is 0 Å². The van der Waals surface area contributed by atoms with Crippen molar-refractivity contribution >= 4 is 11.6 Å². The lowest BCUT2D eigenvalue weighted by Crippen LogP contribution is -2.32. The van der Waals surface area contributed by atoms with Crippen LogP contribution in [0.4, 0.5) is 0 Å². The van der Waals surface area contributed by atoms with Crippen molar-refractivity contribution in [1.82, 2.24) is 15.1 Å². The molecule has 3 nitrogen and oxygen atoms in total. The minimum absolute atomic E-state index is 0.212. The zero-order valence-electron chi connectivity index (χ0n) is 13.2. The van der Waals surface area contributed by atoms with Gasteiger partial charge in [-0.1, -0.05) is 39.3 Å². The summed E-state index contributed by atoms with van der Waals surface area (Å²) in [5, 5.41) is 8.83. The molecule has 19 heavy (non-hydrogen) atoms. The molecule has 0 bridgehead atoms. The highest BCUT2D eigenvalue weighted by molar-refractivity contribution is 6.31. The quantitative estimate of drug-likeness (QED) is 0.830. The van der Waals surface area contributed by atoms with Gasteiger partial charge in [-0.15, -0.1) is 0 Å². The van der Waals surface area contributed by atoms with Crippen molar-refractivity contribution in [2.45, 2.75) is 59.9 Å². The van der Waals surface area contributed by atoms with Gasteiger partial charge in [0.1, 0.15) is 0 Å². The van der Waals surface area contributed by atoms with Crippen LogP contribution in [0.1, 0.15) is 52.4 Å². The Morgan fingerprint density at radius 1 is 1.37 bits per heavy atom. The predicted octanol–water partition coefficient (Wildman–Crippen LogP) is 3.59. The number of aryl methyl sites for hydroxylation is 2. The van der Waals surface area contributed by atoms with Crippen LogP contribution in [0.25, 0.3) is 0 Å². The fraction of sp³-hybridized carbons (Fsp3) is 0.800. The third-order valence-electron chi connectivity index (χ3n) is 3.56. The highest BCUT2D eigenvalue weighted by Gasteiger charge is 2.25. The lowest BCUT2D eigenvalue weighted by atomic mass is 9.81. The SMILES string of the molecule is CCNC(C)CC(C)(C)Cc1c(Cl)c(CC)nn1C. The molecule has 1 aromatic heterocycles. The Hall–Kier alpha value is -0.540. The standard InChI is InChI=1S/C15H28ClN3/c1-7-12-14(16)13(19(6)18-12)10-15(4,5)9-11(3)17-8-2/h11,17H,7-10H2,1-6H3. The summed E-state index contributed by atoms with van der Waals surface area (Å²) in [6, 6.07) is 0.526. The summed E-state index contributed by atoms with van der Waals surface area (Å²) in [5.74, 6) is 0. The molecule has 0 saturated carbocycles. The number of nitrogens with zero attached hydrogens (tertiary/aromatic N) is 2. The van der Waals surface area contributed by atoms with Gasteiger partial charge in [-0.3, -0.25) is 4.68 Å². The molecule has 0 fully saturated rings. The molecule has 1 atom stereocenters. The van der Waals surface area contributed by atoms with Gasteiger partial charge in [0.05, 0.1) is 16.4 Å². The minimum atomic E-state index is 0.212. The number of nitrogens with one attached hydrogen (secondary N) is 1. The molecule has 0 aliphatic carbocycles. The summed E-state index contributed by atoms with van der Waals surface area (Å²) in [4.78, 5) is 0. The van der Waals surface area contributed by atoms with Gasteiger partial charge in [0.15, 0.2) is 0 Å². The highest BCUT2D eigenvalue weighted by Crippen LogP contribution is 2.31. The Balaban J connectivity index is 2.80. The van der Waals surface area contributed by atoms with Crippen molar-refractivity contribution in [1.29, 1.82) is 0 Å². The van der Waals surface area contributed by atoms with E-state index in [1.54, 1.807) is 0 Å². The Kier molecular flexibility index (Phi) is 5.87. The van der Waals surface area contributed by atoms with Gasteiger partial charge < -0.3 is 5.32 Å². The third kappa shape index (κ3) is 4.50. The molecular weight excluding hydrogens is 258 g/mol. The van der Waals surface area contributed by atoms with E-state index < -0.39 is 0 Å². The van der Waals surface area contributed by atoms with Crippen molar-refractivity contribution in [3.8, 4) is 0 Å². The van der Waals surface area contributed by atoms with E-state index in [9.17, 15) is 0 Å². The Morgan fingerprint density at radius 3 is 2.47 bits per heavy atom. The zero-order valence-corrected chi connectivity index (χ0v) is 13.9. The summed E-state index contributed by atoms with van der Waals surface area (Å²) < 4.78 is 1.95. The number of aromatic nitrogens is 2.